The van der Waals surface area contributed by atoms with Gasteiger partial charge in [-0.1, -0.05) is 36.4 Å². The zero-order valence-corrected chi connectivity index (χ0v) is 13.9. The molecule has 0 saturated heterocycles. The first kappa shape index (κ1) is 15.1. The van der Waals surface area contributed by atoms with E-state index in [1.54, 1.807) is 0 Å². The molecule has 4 rings (SSSR count). The van der Waals surface area contributed by atoms with Gasteiger partial charge in [-0.2, -0.15) is 0 Å². The van der Waals surface area contributed by atoms with E-state index in [9.17, 15) is 0 Å². The third-order valence-corrected chi connectivity index (χ3v) is 4.50. The van der Waals surface area contributed by atoms with Crippen molar-refractivity contribution >= 4 is 29.6 Å². The summed E-state index contributed by atoms with van der Waals surface area (Å²) in [5.74, 6) is 1.21. The minimum Gasteiger partial charge on any atom is -0.298 e. The monoisotopic (exact) mass is 312 g/mol. The van der Waals surface area contributed by atoms with Crippen molar-refractivity contribution < 1.29 is 0 Å². The molecule has 2 nitrogen and oxygen atoms in total. The highest BCUT2D eigenvalue weighted by molar-refractivity contribution is 6.07. The second kappa shape index (κ2) is 5.44. The van der Waals surface area contributed by atoms with Gasteiger partial charge in [0.05, 0.1) is 16.9 Å². The number of hydrogen-bond donors (Lipinski definition) is 0. The van der Waals surface area contributed by atoms with Crippen molar-refractivity contribution in [2.24, 2.45) is 4.99 Å². The number of aliphatic imine (C=N–C) groups is 1. The summed E-state index contributed by atoms with van der Waals surface area (Å²) in [5, 5.41) is 0. The largest absolute Gasteiger partial charge is 0.298 e. The Bertz CT molecular complexity index is 688. The average Bonchev–Trinajstić information content (AvgIpc) is 2.84. The van der Waals surface area contributed by atoms with Crippen LogP contribution in [0.3, 0.4) is 0 Å². The molecule has 2 aromatic carbocycles. The molecule has 0 radical (unpaired) electrons. The quantitative estimate of drug-likeness (QED) is 0.659. The maximum Gasteiger partial charge on any atom is 0.109 e. The lowest BCUT2D eigenvalue weighted by Crippen LogP contribution is -2.29. The molecule has 0 spiro atoms. The molecule has 0 unspecified atom stereocenters. The van der Waals surface area contributed by atoms with E-state index in [4.69, 9.17) is 4.99 Å². The summed E-state index contributed by atoms with van der Waals surface area (Å²) in [4.78, 5) is 7.36. The van der Waals surface area contributed by atoms with Gasteiger partial charge in [0.25, 0.3) is 0 Å². The van der Waals surface area contributed by atoms with E-state index in [-0.39, 0.29) is 17.9 Å². The van der Waals surface area contributed by atoms with Crippen LogP contribution in [0.1, 0.15) is 37.8 Å². The first-order valence-electron chi connectivity index (χ1n) is 7.69. The molecule has 0 N–H and O–H groups in total. The van der Waals surface area contributed by atoms with Crippen molar-refractivity contribution in [3.63, 3.8) is 0 Å². The highest BCUT2D eigenvalue weighted by Gasteiger charge is 2.32. The van der Waals surface area contributed by atoms with Crippen LogP contribution < -0.4 is 4.90 Å². The number of hydrogen-bond acceptors (Lipinski definition) is 2. The first-order chi connectivity index (χ1) is 10.1. The molecular formula is C19H21ClN2. The Morgan fingerprint density at radius 2 is 1.45 bits per heavy atom. The summed E-state index contributed by atoms with van der Waals surface area (Å²) in [7, 11) is 0. The van der Waals surface area contributed by atoms with Gasteiger partial charge < -0.3 is 0 Å². The second-order valence-corrected chi connectivity index (χ2v) is 6.61. The Morgan fingerprint density at radius 3 is 1.95 bits per heavy atom. The second-order valence-electron chi connectivity index (χ2n) is 6.61. The summed E-state index contributed by atoms with van der Waals surface area (Å²) in [6.07, 6.45) is 3.19. The zero-order chi connectivity index (χ0) is 14.4. The molecule has 2 heterocycles. The molecule has 22 heavy (non-hydrogen) atoms. The van der Waals surface area contributed by atoms with Crippen molar-refractivity contribution in [3.05, 3.63) is 59.7 Å². The number of amidine groups is 1. The topological polar surface area (TPSA) is 15.6 Å². The fraction of sp³-hybridized carbons (Fsp3) is 0.316. The maximum absolute atomic E-state index is 4.98. The van der Waals surface area contributed by atoms with Gasteiger partial charge >= 0.3 is 0 Å². The number of fused-ring (bicyclic) bond motifs is 2. The van der Waals surface area contributed by atoms with Gasteiger partial charge in [0.2, 0.25) is 0 Å². The Morgan fingerprint density at radius 1 is 0.909 bits per heavy atom. The molecule has 0 saturated carbocycles. The van der Waals surface area contributed by atoms with Gasteiger partial charge in [-0.25, -0.2) is 0 Å². The highest BCUT2D eigenvalue weighted by atomic mass is 35.5. The average molecular weight is 313 g/mol. The smallest absolute Gasteiger partial charge is 0.109 e. The van der Waals surface area contributed by atoms with Crippen molar-refractivity contribution in [1.82, 2.24) is 0 Å². The molecule has 0 atom stereocenters. The van der Waals surface area contributed by atoms with Crippen LogP contribution in [0.4, 0.5) is 11.4 Å². The molecule has 0 bridgehead atoms. The van der Waals surface area contributed by atoms with E-state index >= 15 is 0 Å². The van der Waals surface area contributed by atoms with Gasteiger partial charge in [-0.3, -0.25) is 9.89 Å². The zero-order valence-electron chi connectivity index (χ0n) is 13.0. The lowest BCUT2D eigenvalue weighted by Gasteiger charge is -2.33. The van der Waals surface area contributed by atoms with Gasteiger partial charge in [0.1, 0.15) is 5.84 Å². The Hall–Kier alpha value is -1.80. The predicted molar refractivity (Wildman–Crippen MR) is 95.8 cm³/mol. The Kier molecular flexibility index (Phi) is 3.73. The first-order valence-corrected chi connectivity index (χ1v) is 7.69. The van der Waals surface area contributed by atoms with Crippen LogP contribution >= 0.6 is 12.4 Å². The molecule has 2 aliphatic rings. The van der Waals surface area contributed by atoms with Crippen LogP contribution in [-0.4, -0.2) is 11.4 Å². The van der Waals surface area contributed by atoms with Crippen molar-refractivity contribution in [2.75, 3.05) is 4.90 Å². The van der Waals surface area contributed by atoms with Crippen LogP contribution in [0.2, 0.25) is 0 Å². The summed E-state index contributed by atoms with van der Waals surface area (Å²) in [6.45, 7) is 4.45. The molecule has 2 aliphatic heterocycles. The fourth-order valence-electron chi connectivity index (χ4n) is 3.41. The molecular weight excluding hydrogens is 292 g/mol. The lowest BCUT2D eigenvalue weighted by atomic mass is 9.95. The van der Waals surface area contributed by atoms with E-state index in [0.29, 0.717) is 0 Å². The van der Waals surface area contributed by atoms with E-state index in [2.05, 4.69) is 67.3 Å². The van der Waals surface area contributed by atoms with E-state index in [1.807, 2.05) is 0 Å². The van der Waals surface area contributed by atoms with Gasteiger partial charge in [0.15, 0.2) is 0 Å². The van der Waals surface area contributed by atoms with Crippen LogP contribution in [0.15, 0.2) is 53.5 Å². The molecule has 0 aromatic heterocycles. The Labute approximate surface area is 138 Å². The minimum absolute atomic E-state index is 0. The third kappa shape index (κ3) is 2.42. The van der Waals surface area contributed by atoms with Gasteiger partial charge in [-0.15, -0.1) is 12.4 Å². The van der Waals surface area contributed by atoms with Crippen LogP contribution in [0, 0.1) is 0 Å². The molecule has 114 valence electrons. The molecule has 2 aromatic rings. The number of anilines is 2. The predicted octanol–water partition coefficient (Wildman–Crippen LogP) is 5.12. The number of nitrogens with zero attached hydrogens (tertiary/aromatic N) is 2. The SMILES string of the molecule is CC1(C)CCC(N2c3ccccc3Cc3ccccc32)=N1.Cl. The number of benzene rings is 2. The van der Waals surface area contributed by atoms with Crippen LogP contribution in [0.5, 0.6) is 0 Å². The van der Waals surface area contributed by atoms with Crippen molar-refractivity contribution in [1.29, 1.82) is 0 Å². The Balaban J connectivity index is 0.00000144. The minimum atomic E-state index is 0. The lowest BCUT2D eigenvalue weighted by molar-refractivity contribution is 0.522. The number of para-hydroxylation sites is 2. The van der Waals surface area contributed by atoms with E-state index in [1.165, 1.54) is 28.3 Å². The van der Waals surface area contributed by atoms with Crippen LogP contribution in [-0.2, 0) is 6.42 Å². The summed E-state index contributed by atoms with van der Waals surface area (Å²) < 4.78 is 0. The highest BCUT2D eigenvalue weighted by Crippen LogP contribution is 2.41. The summed E-state index contributed by atoms with van der Waals surface area (Å²) in [6, 6.07) is 17.4. The number of halogens is 1. The molecule has 3 heteroatoms. The van der Waals surface area contributed by atoms with Crippen LogP contribution in [0.25, 0.3) is 0 Å². The van der Waals surface area contributed by atoms with Gasteiger partial charge in [-0.05, 0) is 43.5 Å². The van der Waals surface area contributed by atoms with E-state index in [0.717, 1.165) is 19.3 Å². The molecule has 0 fully saturated rings. The van der Waals surface area contributed by atoms with E-state index < -0.39 is 0 Å². The summed E-state index contributed by atoms with van der Waals surface area (Å²) in [5.41, 5.74) is 5.45. The van der Waals surface area contributed by atoms with Crippen molar-refractivity contribution in [2.45, 2.75) is 38.6 Å². The molecule has 0 amide bonds. The fourth-order valence-corrected chi connectivity index (χ4v) is 3.41. The summed E-state index contributed by atoms with van der Waals surface area (Å²) >= 11 is 0. The maximum atomic E-state index is 4.98. The third-order valence-electron chi connectivity index (χ3n) is 4.50. The van der Waals surface area contributed by atoms with Gasteiger partial charge in [0, 0.05) is 12.8 Å². The number of rotatable bonds is 0. The standard InChI is InChI=1S/C19H20N2.ClH/c1-19(2)12-11-18(20-19)21-16-9-5-3-7-14(16)13-15-8-4-6-10-17(15)21;/h3-10H,11-13H2,1-2H3;1H. The molecule has 0 aliphatic carbocycles. The normalized spacial score (nSPS) is 18.1. The van der Waals surface area contributed by atoms with Crippen molar-refractivity contribution in [3.8, 4) is 0 Å².